The Morgan fingerprint density at radius 3 is 3.00 bits per heavy atom. The van der Waals surface area contributed by atoms with Crippen LogP contribution in [0.15, 0.2) is 18.3 Å². The molecule has 0 saturated heterocycles. The topological polar surface area (TPSA) is 38.9 Å². The average Bonchev–Trinajstić information content (AvgIpc) is 1.88. The lowest BCUT2D eigenvalue weighted by atomic mass is 10.2. The molecule has 0 amide bonds. The van der Waals surface area contributed by atoms with E-state index in [4.69, 9.17) is 5.73 Å². The van der Waals surface area contributed by atoms with Gasteiger partial charge in [-0.25, -0.2) is 4.98 Å². The molecule has 0 aliphatic heterocycles. The van der Waals surface area contributed by atoms with E-state index in [9.17, 15) is 0 Å². The molecule has 2 N–H and O–H groups in total. The van der Waals surface area contributed by atoms with E-state index in [1.165, 1.54) is 5.56 Å². The molecule has 0 aliphatic carbocycles. The van der Waals surface area contributed by atoms with Gasteiger partial charge in [-0.05, 0) is 24.1 Å². The van der Waals surface area contributed by atoms with Gasteiger partial charge in [-0.1, -0.05) is 6.92 Å². The summed E-state index contributed by atoms with van der Waals surface area (Å²) in [7, 11) is 0. The van der Waals surface area contributed by atoms with Gasteiger partial charge in [0.25, 0.3) is 0 Å². The standard InChI is InChI=1S/C7H10N2.H2/c1-2-6-3-4-9-7(8)5-6;/h3-5H,2H2,1H3,(H2,8,9);1H. The summed E-state index contributed by atoms with van der Waals surface area (Å²) in [6.07, 6.45) is 2.75. The Balaban J connectivity index is 0.000000810. The maximum Gasteiger partial charge on any atom is 0.123 e. The van der Waals surface area contributed by atoms with E-state index < -0.39 is 0 Å². The largest absolute Gasteiger partial charge is 0.384 e. The first-order valence-electron chi connectivity index (χ1n) is 3.03. The monoisotopic (exact) mass is 124 g/mol. The zero-order valence-corrected chi connectivity index (χ0v) is 5.46. The van der Waals surface area contributed by atoms with Gasteiger partial charge in [0, 0.05) is 7.62 Å². The molecule has 1 rings (SSSR count). The second-order valence-electron chi connectivity index (χ2n) is 1.94. The predicted molar refractivity (Wildman–Crippen MR) is 40.1 cm³/mol. The third-order valence-electron chi connectivity index (χ3n) is 1.25. The molecule has 1 aromatic heterocycles. The molecule has 0 atom stereocenters. The fourth-order valence-corrected chi connectivity index (χ4v) is 0.714. The Labute approximate surface area is 56.2 Å². The van der Waals surface area contributed by atoms with Crippen molar-refractivity contribution in [1.29, 1.82) is 0 Å². The van der Waals surface area contributed by atoms with E-state index in [-0.39, 0.29) is 1.43 Å². The molecule has 0 aromatic carbocycles. The van der Waals surface area contributed by atoms with Crippen LogP contribution < -0.4 is 5.73 Å². The summed E-state index contributed by atoms with van der Waals surface area (Å²) in [6.45, 7) is 2.09. The van der Waals surface area contributed by atoms with Crippen LogP contribution in [0.4, 0.5) is 5.82 Å². The van der Waals surface area contributed by atoms with Crippen molar-refractivity contribution in [2.24, 2.45) is 0 Å². The van der Waals surface area contributed by atoms with E-state index in [1.807, 2.05) is 12.1 Å². The highest BCUT2D eigenvalue weighted by molar-refractivity contribution is 5.31. The van der Waals surface area contributed by atoms with E-state index >= 15 is 0 Å². The molecular formula is C7H12N2. The van der Waals surface area contributed by atoms with Gasteiger partial charge in [0.05, 0.1) is 0 Å². The Kier molecular flexibility index (Phi) is 1.68. The number of nitrogens with two attached hydrogens (primary N) is 1. The highest BCUT2D eigenvalue weighted by atomic mass is 14.8. The number of aromatic nitrogens is 1. The van der Waals surface area contributed by atoms with Crippen LogP contribution in [0, 0.1) is 0 Å². The maximum absolute atomic E-state index is 5.42. The first-order chi connectivity index (χ1) is 4.33. The first-order valence-corrected chi connectivity index (χ1v) is 3.03. The zero-order chi connectivity index (χ0) is 6.69. The van der Waals surface area contributed by atoms with Crippen molar-refractivity contribution >= 4 is 5.82 Å². The molecule has 0 bridgehead atoms. The van der Waals surface area contributed by atoms with Crippen LogP contribution in [0.3, 0.4) is 0 Å². The van der Waals surface area contributed by atoms with Crippen molar-refractivity contribution < 1.29 is 1.43 Å². The fraction of sp³-hybridized carbons (Fsp3) is 0.286. The number of hydrogen-bond acceptors (Lipinski definition) is 2. The molecule has 9 heavy (non-hydrogen) atoms. The van der Waals surface area contributed by atoms with Crippen molar-refractivity contribution in [3.05, 3.63) is 23.9 Å². The van der Waals surface area contributed by atoms with Crippen LogP contribution in [0.1, 0.15) is 13.9 Å². The summed E-state index contributed by atoms with van der Waals surface area (Å²) in [4.78, 5) is 3.87. The van der Waals surface area contributed by atoms with Crippen LogP contribution in [-0.2, 0) is 6.42 Å². The van der Waals surface area contributed by atoms with E-state index in [0.29, 0.717) is 5.82 Å². The first kappa shape index (κ1) is 6.08. The second-order valence-corrected chi connectivity index (χ2v) is 1.94. The lowest BCUT2D eigenvalue weighted by Crippen LogP contribution is -1.90. The minimum Gasteiger partial charge on any atom is -0.384 e. The third kappa shape index (κ3) is 1.42. The van der Waals surface area contributed by atoms with Crippen molar-refractivity contribution in [3.63, 3.8) is 0 Å². The quantitative estimate of drug-likeness (QED) is 0.615. The van der Waals surface area contributed by atoms with Gasteiger partial charge in [-0.3, -0.25) is 0 Å². The van der Waals surface area contributed by atoms with Crippen LogP contribution in [-0.4, -0.2) is 4.98 Å². The molecule has 2 heteroatoms. The minimum absolute atomic E-state index is 0. The summed E-state index contributed by atoms with van der Waals surface area (Å²) in [5.74, 6) is 0.606. The molecule has 1 aromatic rings. The number of nitrogen functional groups attached to an aromatic ring is 1. The summed E-state index contributed by atoms with van der Waals surface area (Å²) in [5, 5.41) is 0. The highest BCUT2D eigenvalue weighted by Crippen LogP contribution is 2.02. The molecule has 0 saturated carbocycles. The van der Waals surface area contributed by atoms with Gasteiger partial charge < -0.3 is 5.73 Å². The summed E-state index contributed by atoms with van der Waals surface area (Å²) in [5.41, 5.74) is 6.66. The van der Waals surface area contributed by atoms with Crippen LogP contribution in [0.2, 0.25) is 0 Å². The molecule has 50 valence electrons. The Bertz CT molecular complexity index is 201. The normalized spacial score (nSPS) is 9.44. The number of aryl methyl sites for hydroxylation is 1. The van der Waals surface area contributed by atoms with Gasteiger partial charge in [0.2, 0.25) is 0 Å². The van der Waals surface area contributed by atoms with Crippen molar-refractivity contribution in [2.45, 2.75) is 13.3 Å². The van der Waals surface area contributed by atoms with Crippen molar-refractivity contribution in [2.75, 3.05) is 5.73 Å². The average molecular weight is 124 g/mol. The van der Waals surface area contributed by atoms with Crippen LogP contribution in [0.5, 0.6) is 0 Å². The molecule has 1 heterocycles. The molecular weight excluding hydrogens is 112 g/mol. The number of hydrogen-bond donors (Lipinski definition) is 1. The summed E-state index contributed by atoms with van der Waals surface area (Å²) >= 11 is 0. The number of pyridine rings is 1. The lowest BCUT2D eigenvalue weighted by molar-refractivity contribution is 1.12. The van der Waals surface area contributed by atoms with Gasteiger partial charge in [-0.15, -0.1) is 0 Å². The Morgan fingerprint density at radius 1 is 1.78 bits per heavy atom. The number of nitrogens with zero attached hydrogens (tertiary/aromatic N) is 1. The van der Waals surface area contributed by atoms with Crippen molar-refractivity contribution in [3.8, 4) is 0 Å². The van der Waals surface area contributed by atoms with E-state index in [0.717, 1.165) is 6.42 Å². The summed E-state index contributed by atoms with van der Waals surface area (Å²) < 4.78 is 0. The minimum atomic E-state index is 0. The van der Waals surface area contributed by atoms with Crippen LogP contribution in [0.25, 0.3) is 0 Å². The maximum atomic E-state index is 5.42. The Morgan fingerprint density at radius 2 is 2.56 bits per heavy atom. The van der Waals surface area contributed by atoms with Gasteiger partial charge >= 0.3 is 0 Å². The lowest BCUT2D eigenvalue weighted by Gasteiger charge is -1.94. The third-order valence-corrected chi connectivity index (χ3v) is 1.25. The molecule has 0 aliphatic rings. The van der Waals surface area contributed by atoms with Gasteiger partial charge in [0.1, 0.15) is 5.82 Å². The molecule has 0 radical (unpaired) electrons. The molecule has 2 nitrogen and oxygen atoms in total. The number of anilines is 1. The smallest absolute Gasteiger partial charge is 0.123 e. The SMILES string of the molecule is CCc1ccnc(N)c1.[HH]. The Hall–Kier alpha value is -1.05. The summed E-state index contributed by atoms with van der Waals surface area (Å²) in [6, 6.07) is 3.86. The molecule has 0 fully saturated rings. The number of rotatable bonds is 1. The fourth-order valence-electron chi connectivity index (χ4n) is 0.714. The second kappa shape index (κ2) is 2.49. The van der Waals surface area contributed by atoms with Gasteiger partial charge in [-0.2, -0.15) is 0 Å². The van der Waals surface area contributed by atoms with E-state index in [1.54, 1.807) is 6.20 Å². The predicted octanol–water partition coefficient (Wildman–Crippen LogP) is 1.47. The van der Waals surface area contributed by atoms with Crippen molar-refractivity contribution in [1.82, 2.24) is 4.98 Å². The van der Waals surface area contributed by atoms with E-state index in [2.05, 4.69) is 11.9 Å². The highest BCUT2D eigenvalue weighted by Gasteiger charge is 1.87. The zero-order valence-electron chi connectivity index (χ0n) is 5.46. The molecule has 0 spiro atoms. The van der Waals surface area contributed by atoms with Crippen LogP contribution >= 0.6 is 0 Å². The van der Waals surface area contributed by atoms with Gasteiger partial charge in [0.15, 0.2) is 0 Å². The molecule has 0 unspecified atom stereocenters.